The molecule has 0 saturated heterocycles. The summed E-state index contributed by atoms with van der Waals surface area (Å²) in [6.07, 6.45) is 0. The van der Waals surface area contributed by atoms with E-state index in [0.29, 0.717) is 23.3 Å². The summed E-state index contributed by atoms with van der Waals surface area (Å²) in [6, 6.07) is 160. The van der Waals surface area contributed by atoms with Gasteiger partial charge in [-0.2, -0.15) is 0 Å². The molecule has 6 heterocycles. The van der Waals surface area contributed by atoms with E-state index < -0.39 is 0 Å². The van der Waals surface area contributed by atoms with Gasteiger partial charge in [0, 0.05) is 88.2 Å². The quantitative estimate of drug-likeness (QED) is 0.107. The minimum absolute atomic E-state index is 0.639. The highest BCUT2D eigenvalue weighted by atomic mass is 15.0. The maximum Gasteiger partial charge on any atom is 0.164 e. The molecule has 0 unspecified atom stereocenters. The van der Waals surface area contributed by atoms with Gasteiger partial charge in [-0.15, -0.1) is 0 Å². The lowest BCUT2D eigenvalue weighted by molar-refractivity contribution is 1.07. The number of fused-ring (bicyclic) bond motifs is 12. The van der Waals surface area contributed by atoms with E-state index in [1.165, 1.54) is 49.0 Å². The summed E-state index contributed by atoms with van der Waals surface area (Å²) in [5, 5.41) is 11.8. The molecule has 18 aromatic carbocycles. The fourth-order valence-corrected chi connectivity index (χ4v) is 18.3. The SMILES string of the molecule is c1ccc(-c2cc(-c3ccccc3)nc(-c3ccc(-c4ccc(-c5ccc(-n6c7ccccc7c7c8ccccc8nc(-c8ccccc8)c76)cc5)cc4)c4ccccc34)n2)cc1.c1ccc(-c2nc(-c3ccccc3)nc(-c3ccc(-c4ccc(-c5ccc(-n6c7ccccc7c7c8ccccc8nc(-c8ccccc8)c76)cc5)c5ccccc45)cc3)n2)cc1. The topological polar surface area (TPSA) is 100 Å². The van der Waals surface area contributed by atoms with Gasteiger partial charge in [-0.1, -0.05) is 394 Å². The average molecular weight is 1610 g/mol. The molecular formula is C117H75N9. The second-order valence-corrected chi connectivity index (χ2v) is 31.7. The van der Waals surface area contributed by atoms with Gasteiger partial charge in [0.25, 0.3) is 0 Å². The summed E-state index contributed by atoms with van der Waals surface area (Å²) in [7, 11) is 0. The van der Waals surface area contributed by atoms with Crippen molar-refractivity contribution in [2.75, 3.05) is 0 Å². The molecule has 0 N–H and O–H groups in total. The third-order valence-corrected chi connectivity index (χ3v) is 24.3. The molecule has 0 saturated carbocycles. The zero-order chi connectivity index (χ0) is 83.4. The Bertz CT molecular complexity index is 8140. The van der Waals surface area contributed by atoms with Crippen LogP contribution < -0.4 is 0 Å². The molecule has 0 bridgehead atoms. The van der Waals surface area contributed by atoms with Crippen molar-refractivity contribution in [1.29, 1.82) is 0 Å². The van der Waals surface area contributed by atoms with Crippen molar-refractivity contribution in [2.45, 2.75) is 0 Å². The van der Waals surface area contributed by atoms with Crippen LogP contribution in [0.3, 0.4) is 0 Å². The molecule has 0 aliphatic carbocycles. The predicted octanol–water partition coefficient (Wildman–Crippen LogP) is 29.9. The number of aromatic nitrogens is 9. The molecule has 126 heavy (non-hydrogen) atoms. The van der Waals surface area contributed by atoms with E-state index in [-0.39, 0.29) is 0 Å². The molecule has 24 rings (SSSR count). The van der Waals surface area contributed by atoms with Gasteiger partial charge in [0.1, 0.15) is 0 Å². The number of hydrogen-bond donors (Lipinski definition) is 0. The fraction of sp³-hybridized carbons (Fsp3) is 0. The molecule has 0 fully saturated rings. The van der Waals surface area contributed by atoms with Crippen molar-refractivity contribution < 1.29 is 0 Å². The summed E-state index contributed by atoms with van der Waals surface area (Å²) in [6.45, 7) is 0. The third-order valence-electron chi connectivity index (χ3n) is 24.3. The van der Waals surface area contributed by atoms with E-state index >= 15 is 0 Å². The second kappa shape index (κ2) is 31.9. The summed E-state index contributed by atoms with van der Waals surface area (Å²) < 4.78 is 4.78. The summed E-state index contributed by atoms with van der Waals surface area (Å²) >= 11 is 0. The van der Waals surface area contributed by atoms with E-state index in [9.17, 15) is 0 Å². The Morgan fingerprint density at radius 1 is 0.159 bits per heavy atom. The van der Waals surface area contributed by atoms with Crippen molar-refractivity contribution >= 4 is 87.0 Å². The van der Waals surface area contributed by atoms with Crippen LogP contribution in [0.4, 0.5) is 0 Å². The minimum Gasteiger partial charge on any atom is -0.307 e. The molecule has 0 radical (unpaired) electrons. The Labute approximate surface area is 727 Å². The highest BCUT2D eigenvalue weighted by Gasteiger charge is 2.25. The van der Waals surface area contributed by atoms with Gasteiger partial charge in [0.2, 0.25) is 0 Å². The molecule has 9 nitrogen and oxygen atoms in total. The molecule has 0 aliphatic heterocycles. The summed E-state index contributed by atoms with van der Waals surface area (Å²) in [4.78, 5) is 35.7. The number of hydrogen-bond acceptors (Lipinski definition) is 7. The molecule has 0 aliphatic rings. The number of pyridine rings is 2. The van der Waals surface area contributed by atoms with Gasteiger partial charge in [0.15, 0.2) is 23.3 Å². The normalized spacial score (nSPS) is 11.5. The maximum atomic E-state index is 5.31. The van der Waals surface area contributed by atoms with Crippen molar-refractivity contribution in [1.82, 2.24) is 44.0 Å². The van der Waals surface area contributed by atoms with Crippen LogP contribution in [-0.4, -0.2) is 44.0 Å². The minimum atomic E-state index is 0.639. The summed E-state index contributed by atoms with van der Waals surface area (Å²) in [5.41, 5.74) is 29.9. The molecular weight excluding hydrogens is 1530 g/mol. The zero-order valence-electron chi connectivity index (χ0n) is 68.3. The van der Waals surface area contributed by atoms with E-state index in [1.807, 2.05) is 72.8 Å². The standard InChI is InChI=1S/C59H38N4.C58H37N5/c1-4-16-42(17-5-1)53-38-54(43-18-6-2-7-19-43)62-59(61-53)49-37-36-46(47-22-10-11-23-48(47)49)41-30-28-39(29-31-41)40-32-34-45(35-33-40)63-55-27-15-13-25-51(55)56-50-24-12-14-26-52(50)60-57(58(56)63)44-20-8-3-9-21-44;1-4-16-40(17-5-1)54-55-53(49-24-12-14-26-51(49)59-54)50-25-13-15-27-52(50)63(55)44-34-32-39(33-35-44)46-37-36-45(47-22-10-11-23-48(46)47)38-28-30-43(31-29-38)58-61-56(41-18-6-2-7-19-41)60-57(62-58)42-20-8-3-9-21-42/h1-38H;1-37H. The van der Waals surface area contributed by atoms with Crippen molar-refractivity contribution in [3.8, 4) is 146 Å². The van der Waals surface area contributed by atoms with Crippen LogP contribution in [0.1, 0.15) is 0 Å². The van der Waals surface area contributed by atoms with Gasteiger partial charge < -0.3 is 9.13 Å². The van der Waals surface area contributed by atoms with Crippen molar-refractivity contribution in [3.05, 3.63) is 455 Å². The number of nitrogens with zero attached hydrogens (tertiary/aromatic N) is 9. The Morgan fingerprint density at radius 3 is 0.794 bits per heavy atom. The van der Waals surface area contributed by atoms with Gasteiger partial charge in [0.05, 0.1) is 55.9 Å². The zero-order valence-corrected chi connectivity index (χ0v) is 68.3. The first kappa shape index (κ1) is 74.1. The smallest absolute Gasteiger partial charge is 0.164 e. The van der Waals surface area contributed by atoms with Crippen LogP contribution >= 0.6 is 0 Å². The van der Waals surface area contributed by atoms with Crippen LogP contribution in [-0.2, 0) is 0 Å². The van der Waals surface area contributed by atoms with E-state index in [0.717, 1.165) is 161 Å². The Hall–Kier alpha value is -17.0. The number of para-hydroxylation sites is 4. The Balaban J connectivity index is 0.000000145. The van der Waals surface area contributed by atoms with Crippen LogP contribution in [0.2, 0.25) is 0 Å². The van der Waals surface area contributed by atoms with E-state index in [2.05, 4.69) is 391 Å². The maximum absolute atomic E-state index is 5.31. The second-order valence-electron chi connectivity index (χ2n) is 31.7. The lowest BCUT2D eigenvalue weighted by Gasteiger charge is -2.15. The molecule has 0 atom stereocenters. The molecule has 24 aromatic rings. The van der Waals surface area contributed by atoms with Crippen LogP contribution in [0, 0.1) is 0 Å². The highest BCUT2D eigenvalue weighted by molar-refractivity contribution is 6.25. The van der Waals surface area contributed by atoms with Gasteiger partial charge >= 0.3 is 0 Å². The van der Waals surface area contributed by atoms with Crippen LogP contribution in [0.25, 0.3) is 233 Å². The Morgan fingerprint density at radius 2 is 0.421 bits per heavy atom. The predicted molar refractivity (Wildman–Crippen MR) is 521 cm³/mol. The van der Waals surface area contributed by atoms with Crippen molar-refractivity contribution in [3.63, 3.8) is 0 Å². The average Bonchev–Trinajstić information content (AvgIpc) is 1.56. The highest BCUT2D eigenvalue weighted by Crippen LogP contribution is 2.46. The fourth-order valence-electron chi connectivity index (χ4n) is 18.3. The first-order valence-corrected chi connectivity index (χ1v) is 42.6. The van der Waals surface area contributed by atoms with E-state index in [1.54, 1.807) is 0 Å². The summed E-state index contributed by atoms with van der Waals surface area (Å²) in [5.74, 6) is 2.64. The first-order chi connectivity index (χ1) is 62.5. The van der Waals surface area contributed by atoms with Crippen LogP contribution in [0.15, 0.2) is 455 Å². The van der Waals surface area contributed by atoms with Crippen LogP contribution in [0.5, 0.6) is 0 Å². The molecule has 0 amide bonds. The van der Waals surface area contributed by atoms with Gasteiger partial charge in [-0.05, 0) is 127 Å². The molecule has 0 spiro atoms. The lowest BCUT2D eigenvalue weighted by Crippen LogP contribution is -2.00. The van der Waals surface area contributed by atoms with Gasteiger partial charge in [-0.25, -0.2) is 34.9 Å². The molecule has 9 heteroatoms. The largest absolute Gasteiger partial charge is 0.307 e. The molecule has 588 valence electrons. The van der Waals surface area contributed by atoms with Gasteiger partial charge in [-0.3, -0.25) is 0 Å². The lowest BCUT2D eigenvalue weighted by atomic mass is 9.92. The number of rotatable bonds is 14. The van der Waals surface area contributed by atoms with E-state index in [4.69, 9.17) is 34.9 Å². The third kappa shape index (κ3) is 13.4. The monoisotopic (exact) mass is 1610 g/mol. The number of benzene rings is 18. The Kier molecular flexibility index (Phi) is 18.7. The first-order valence-electron chi connectivity index (χ1n) is 42.6. The molecule has 6 aromatic heterocycles. The van der Waals surface area contributed by atoms with Crippen molar-refractivity contribution in [2.24, 2.45) is 0 Å².